The van der Waals surface area contributed by atoms with Crippen LogP contribution in [-0.2, 0) is 0 Å². The number of fused-ring (bicyclic) bond motifs is 1. The Bertz CT molecular complexity index is 710. The van der Waals surface area contributed by atoms with Crippen molar-refractivity contribution in [3.63, 3.8) is 0 Å². The molecule has 1 amide bonds. The molecule has 6 nitrogen and oxygen atoms in total. The van der Waals surface area contributed by atoms with E-state index in [1.165, 1.54) is 0 Å². The fourth-order valence-corrected chi connectivity index (χ4v) is 3.31. The smallest absolute Gasteiger partial charge is 0.270 e. The Labute approximate surface area is 135 Å². The van der Waals surface area contributed by atoms with Crippen molar-refractivity contribution in [3.05, 3.63) is 30.0 Å². The van der Waals surface area contributed by atoms with Crippen molar-refractivity contribution in [2.24, 2.45) is 5.92 Å². The fourth-order valence-electron chi connectivity index (χ4n) is 3.31. The van der Waals surface area contributed by atoms with Crippen LogP contribution in [0.2, 0.25) is 0 Å². The Morgan fingerprint density at radius 1 is 1.39 bits per heavy atom. The molecule has 6 heteroatoms. The van der Waals surface area contributed by atoms with Gasteiger partial charge in [0.2, 0.25) is 0 Å². The molecule has 0 radical (unpaired) electrons. The second kappa shape index (κ2) is 6.22. The van der Waals surface area contributed by atoms with Crippen molar-refractivity contribution < 1.29 is 14.6 Å². The Morgan fingerprint density at radius 3 is 2.78 bits per heavy atom. The number of hydrogen-bond acceptors (Lipinski definition) is 4. The van der Waals surface area contributed by atoms with E-state index in [0.29, 0.717) is 18.8 Å². The maximum Gasteiger partial charge on any atom is 0.270 e. The summed E-state index contributed by atoms with van der Waals surface area (Å²) in [5, 5.41) is 10.5. The van der Waals surface area contributed by atoms with E-state index in [-0.39, 0.29) is 24.5 Å². The van der Waals surface area contributed by atoms with E-state index in [4.69, 9.17) is 4.74 Å². The summed E-state index contributed by atoms with van der Waals surface area (Å²) in [6.45, 7) is 1.31. The van der Waals surface area contributed by atoms with Crippen LogP contribution in [-0.4, -0.2) is 72.7 Å². The Balaban J connectivity index is 1.83. The molecule has 1 aromatic carbocycles. The van der Waals surface area contributed by atoms with E-state index in [0.717, 1.165) is 16.7 Å². The summed E-state index contributed by atoms with van der Waals surface area (Å²) in [6.07, 6.45) is 0. The van der Waals surface area contributed by atoms with Crippen molar-refractivity contribution in [1.82, 2.24) is 14.8 Å². The van der Waals surface area contributed by atoms with Gasteiger partial charge in [-0.15, -0.1) is 0 Å². The maximum absolute atomic E-state index is 12.8. The van der Waals surface area contributed by atoms with Crippen LogP contribution in [0.4, 0.5) is 0 Å². The molecule has 1 aliphatic heterocycles. The Kier molecular flexibility index (Phi) is 4.28. The molecule has 3 rings (SSSR count). The van der Waals surface area contributed by atoms with E-state index >= 15 is 0 Å². The molecule has 124 valence electrons. The number of aliphatic hydroxyl groups is 1. The lowest BCUT2D eigenvalue weighted by Gasteiger charge is -2.23. The average molecular weight is 317 g/mol. The number of aromatic nitrogens is 1. The molecular formula is C17H23N3O3. The highest BCUT2D eigenvalue weighted by Crippen LogP contribution is 2.25. The number of carbonyl (C=O) groups excluding carboxylic acids is 1. The molecule has 1 saturated heterocycles. The summed E-state index contributed by atoms with van der Waals surface area (Å²) in [6, 6.07) is 7.73. The molecule has 2 atom stereocenters. The second-order valence-electron chi connectivity index (χ2n) is 6.32. The minimum atomic E-state index is -0.0250. The zero-order chi connectivity index (χ0) is 16.6. The van der Waals surface area contributed by atoms with Gasteiger partial charge in [0.15, 0.2) is 0 Å². The third kappa shape index (κ3) is 2.92. The van der Waals surface area contributed by atoms with Gasteiger partial charge in [0.25, 0.3) is 5.91 Å². The van der Waals surface area contributed by atoms with Crippen LogP contribution in [0.5, 0.6) is 5.75 Å². The monoisotopic (exact) mass is 317 g/mol. The van der Waals surface area contributed by atoms with E-state index in [9.17, 15) is 9.90 Å². The standard InChI is InChI=1S/C17H23N3O3/c1-19(2)16-9-20(8-12(16)10-21)17(22)15-7-11-6-13(23-3)4-5-14(11)18-15/h4-7,12,16,18,21H,8-10H2,1-3H3/t12-,16+/m0/s1. The van der Waals surface area contributed by atoms with E-state index in [1.807, 2.05) is 43.3 Å². The van der Waals surface area contributed by atoms with Gasteiger partial charge >= 0.3 is 0 Å². The molecule has 1 aliphatic rings. The van der Waals surface area contributed by atoms with Crippen LogP contribution < -0.4 is 4.74 Å². The topological polar surface area (TPSA) is 68.8 Å². The van der Waals surface area contributed by atoms with Gasteiger partial charge in [0.1, 0.15) is 11.4 Å². The number of nitrogens with zero attached hydrogens (tertiary/aromatic N) is 2. The van der Waals surface area contributed by atoms with Gasteiger partial charge in [-0.3, -0.25) is 4.79 Å². The minimum absolute atomic E-state index is 0.0250. The van der Waals surface area contributed by atoms with Gasteiger partial charge in [-0.1, -0.05) is 0 Å². The molecule has 0 aliphatic carbocycles. The first-order valence-corrected chi connectivity index (χ1v) is 7.76. The van der Waals surface area contributed by atoms with Crippen molar-refractivity contribution in [3.8, 4) is 5.75 Å². The van der Waals surface area contributed by atoms with Crippen molar-refractivity contribution >= 4 is 16.8 Å². The molecule has 0 bridgehead atoms. The maximum atomic E-state index is 12.8. The van der Waals surface area contributed by atoms with Gasteiger partial charge in [-0.05, 0) is 38.4 Å². The number of ether oxygens (including phenoxy) is 1. The van der Waals surface area contributed by atoms with Gasteiger partial charge in [0, 0.05) is 42.6 Å². The second-order valence-corrected chi connectivity index (χ2v) is 6.32. The summed E-state index contributed by atoms with van der Waals surface area (Å²) in [5.41, 5.74) is 1.49. The van der Waals surface area contributed by atoms with Crippen molar-refractivity contribution in [1.29, 1.82) is 0 Å². The molecule has 0 unspecified atom stereocenters. The predicted octanol–water partition coefficient (Wildman–Crippen LogP) is 1.17. The van der Waals surface area contributed by atoms with Crippen LogP contribution in [0.1, 0.15) is 10.5 Å². The first kappa shape index (κ1) is 15.8. The average Bonchev–Trinajstić information content (AvgIpc) is 3.17. The summed E-state index contributed by atoms with van der Waals surface area (Å²) in [5.74, 6) is 0.839. The number of carbonyl (C=O) groups is 1. The van der Waals surface area contributed by atoms with E-state index < -0.39 is 0 Å². The van der Waals surface area contributed by atoms with Crippen molar-refractivity contribution in [2.75, 3.05) is 40.9 Å². The van der Waals surface area contributed by atoms with Crippen LogP contribution in [0.15, 0.2) is 24.3 Å². The number of amides is 1. The van der Waals surface area contributed by atoms with Crippen LogP contribution in [0.3, 0.4) is 0 Å². The number of nitrogens with one attached hydrogen (secondary N) is 1. The van der Waals surface area contributed by atoms with E-state index in [2.05, 4.69) is 9.88 Å². The van der Waals surface area contributed by atoms with Crippen molar-refractivity contribution in [2.45, 2.75) is 6.04 Å². The first-order valence-electron chi connectivity index (χ1n) is 7.76. The zero-order valence-corrected chi connectivity index (χ0v) is 13.7. The molecule has 1 aromatic heterocycles. The molecule has 0 saturated carbocycles. The number of likely N-dealkylation sites (N-methyl/N-ethyl adjacent to an activating group) is 1. The van der Waals surface area contributed by atoms with Crippen LogP contribution in [0.25, 0.3) is 10.9 Å². The lowest BCUT2D eigenvalue weighted by Crippen LogP contribution is -2.37. The number of aromatic amines is 1. The van der Waals surface area contributed by atoms with E-state index in [1.54, 1.807) is 7.11 Å². The number of hydrogen-bond donors (Lipinski definition) is 2. The van der Waals surface area contributed by atoms with Gasteiger partial charge < -0.3 is 24.6 Å². The van der Waals surface area contributed by atoms with Gasteiger partial charge in [-0.25, -0.2) is 0 Å². The number of H-pyrrole nitrogens is 1. The molecule has 0 spiro atoms. The molecule has 2 heterocycles. The number of likely N-dealkylation sites (tertiary alicyclic amines) is 1. The number of rotatable bonds is 4. The zero-order valence-electron chi connectivity index (χ0n) is 13.7. The highest BCUT2D eigenvalue weighted by molar-refractivity contribution is 5.98. The number of aliphatic hydroxyl groups excluding tert-OH is 1. The fraction of sp³-hybridized carbons (Fsp3) is 0.471. The quantitative estimate of drug-likeness (QED) is 0.888. The molecular weight excluding hydrogens is 294 g/mol. The van der Waals surface area contributed by atoms with Crippen LogP contribution >= 0.6 is 0 Å². The molecule has 23 heavy (non-hydrogen) atoms. The summed E-state index contributed by atoms with van der Waals surface area (Å²) >= 11 is 0. The number of benzene rings is 1. The summed E-state index contributed by atoms with van der Waals surface area (Å²) < 4.78 is 5.22. The highest BCUT2D eigenvalue weighted by Gasteiger charge is 2.36. The molecule has 2 aromatic rings. The first-order chi connectivity index (χ1) is 11.0. The summed E-state index contributed by atoms with van der Waals surface area (Å²) in [4.78, 5) is 19.8. The SMILES string of the molecule is COc1ccc2[nH]c(C(=O)N3C[C@@H](CO)[C@H](N(C)C)C3)cc2c1. The number of methoxy groups -OCH3 is 1. The predicted molar refractivity (Wildman–Crippen MR) is 88.8 cm³/mol. The molecule has 1 fully saturated rings. The van der Waals surface area contributed by atoms with Crippen LogP contribution in [0, 0.1) is 5.92 Å². The summed E-state index contributed by atoms with van der Waals surface area (Å²) in [7, 11) is 5.59. The lowest BCUT2D eigenvalue weighted by atomic mass is 10.0. The Morgan fingerprint density at radius 2 is 2.17 bits per heavy atom. The third-order valence-electron chi connectivity index (χ3n) is 4.65. The third-order valence-corrected chi connectivity index (χ3v) is 4.65. The van der Waals surface area contributed by atoms with Gasteiger partial charge in [0.05, 0.1) is 7.11 Å². The highest BCUT2D eigenvalue weighted by atomic mass is 16.5. The van der Waals surface area contributed by atoms with Gasteiger partial charge in [-0.2, -0.15) is 0 Å². The minimum Gasteiger partial charge on any atom is -0.497 e. The lowest BCUT2D eigenvalue weighted by molar-refractivity contribution is 0.0774. The normalized spacial score (nSPS) is 21.3. The molecule has 2 N–H and O–H groups in total. The Hall–Kier alpha value is -2.05. The largest absolute Gasteiger partial charge is 0.497 e.